The first-order chi connectivity index (χ1) is 9.03. The first kappa shape index (κ1) is 19.4. The van der Waals surface area contributed by atoms with Gasteiger partial charge in [-0.2, -0.15) is 0 Å². The minimum Gasteiger partial charge on any atom is -0.334 e. The second-order valence-electron chi connectivity index (χ2n) is 5.15. The van der Waals surface area contributed by atoms with E-state index in [2.05, 4.69) is 32.7 Å². The standard InChI is InChI=1S/C14H25N3OS.ClH/c1-5-11(6-2)17(8-10(3)4)14(18)12-9-19-13(7-15)16-12;/h9-11H,5-8,15H2,1-4H3;1H. The molecule has 0 aliphatic rings. The van der Waals surface area contributed by atoms with Crippen LogP contribution in [0, 0.1) is 5.92 Å². The van der Waals surface area contributed by atoms with Crippen molar-refractivity contribution in [2.45, 2.75) is 53.1 Å². The fourth-order valence-corrected chi connectivity index (χ4v) is 2.82. The molecule has 1 aromatic heterocycles. The highest BCUT2D eigenvalue weighted by atomic mass is 35.5. The van der Waals surface area contributed by atoms with E-state index in [0.717, 1.165) is 24.4 Å². The van der Waals surface area contributed by atoms with Crippen LogP contribution in [0.2, 0.25) is 0 Å². The van der Waals surface area contributed by atoms with E-state index < -0.39 is 0 Å². The number of hydrogen-bond acceptors (Lipinski definition) is 4. The van der Waals surface area contributed by atoms with Gasteiger partial charge < -0.3 is 10.6 Å². The van der Waals surface area contributed by atoms with Crippen molar-refractivity contribution in [3.63, 3.8) is 0 Å². The Morgan fingerprint density at radius 1 is 1.40 bits per heavy atom. The van der Waals surface area contributed by atoms with Crippen molar-refractivity contribution in [1.29, 1.82) is 0 Å². The highest BCUT2D eigenvalue weighted by Crippen LogP contribution is 2.17. The number of aromatic nitrogens is 1. The van der Waals surface area contributed by atoms with Gasteiger partial charge in [0.2, 0.25) is 0 Å². The molecular formula is C14H26ClN3OS. The third-order valence-corrected chi connectivity index (χ3v) is 4.02. The zero-order valence-corrected chi connectivity index (χ0v) is 14.4. The van der Waals surface area contributed by atoms with E-state index in [4.69, 9.17) is 5.73 Å². The van der Waals surface area contributed by atoms with Crippen LogP contribution >= 0.6 is 23.7 Å². The summed E-state index contributed by atoms with van der Waals surface area (Å²) >= 11 is 1.46. The molecule has 0 atom stereocenters. The van der Waals surface area contributed by atoms with E-state index in [-0.39, 0.29) is 24.4 Å². The van der Waals surface area contributed by atoms with E-state index in [1.54, 1.807) is 0 Å². The molecule has 6 heteroatoms. The van der Waals surface area contributed by atoms with E-state index >= 15 is 0 Å². The second-order valence-corrected chi connectivity index (χ2v) is 6.09. The van der Waals surface area contributed by atoms with Crippen LogP contribution in [0.3, 0.4) is 0 Å². The zero-order chi connectivity index (χ0) is 14.4. The van der Waals surface area contributed by atoms with Gasteiger partial charge in [-0.25, -0.2) is 4.98 Å². The minimum atomic E-state index is 0. The molecular weight excluding hydrogens is 294 g/mol. The van der Waals surface area contributed by atoms with Crippen LogP contribution in [-0.4, -0.2) is 28.4 Å². The molecule has 0 aliphatic heterocycles. The Labute approximate surface area is 132 Å². The average molecular weight is 320 g/mol. The van der Waals surface area contributed by atoms with Crippen LogP contribution < -0.4 is 5.73 Å². The van der Waals surface area contributed by atoms with Gasteiger partial charge in [0.05, 0.1) is 0 Å². The number of nitrogens with two attached hydrogens (primary N) is 1. The lowest BCUT2D eigenvalue weighted by Gasteiger charge is -2.31. The summed E-state index contributed by atoms with van der Waals surface area (Å²) in [5, 5.41) is 2.64. The van der Waals surface area contributed by atoms with Gasteiger partial charge in [0.15, 0.2) is 0 Å². The van der Waals surface area contributed by atoms with Gasteiger partial charge in [-0.1, -0.05) is 27.7 Å². The Bertz CT molecular complexity index is 405. The maximum absolute atomic E-state index is 12.6. The summed E-state index contributed by atoms with van der Waals surface area (Å²) in [4.78, 5) is 18.9. The Balaban J connectivity index is 0.00000361. The molecule has 1 amide bonds. The van der Waals surface area contributed by atoms with Crippen LogP contribution in [0.15, 0.2) is 5.38 Å². The fourth-order valence-electron chi connectivity index (χ4n) is 2.17. The van der Waals surface area contributed by atoms with Gasteiger partial charge in [0, 0.05) is 24.5 Å². The number of halogens is 1. The van der Waals surface area contributed by atoms with Crippen LogP contribution in [0.4, 0.5) is 0 Å². The summed E-state index contributed by atoms with van der Waals surface area (Å²) in [6, 6.07) is 0.290. The summed E-state index contributed by atoms with van der Waals surface area (Å²) in [6.45, 7) is 9.69. The summed E-state index contributed by atoms with van der Waals surface area (Å²) in [6.07, 6.45) is 1.95. The zero-order valence-electron chi connectivity index (χ0n) is 12.8. The lowest BCUT2D eigenvalue weighted by atomic mass is 10.1. The van der Waals surface area contributed by atoms with Gasteiger partial charge in [-0.05, 0) is 18.8 Å². The van der Waals surface area contributed by atoms with Crippen LogP contribution in [0.1, 0.15) is 56.0 Å². The third kappa shape index (κ3) is 5.04. The molecule has 0 radical (unpaired) electrons. The summed E-state index contributed by atoms with van der Waals surface area (Å²) < 4.78 is 0. The quantitative estimate of drug-likeness (QED) is 0.838. The lowest BCUT2D eigenvalue weighted by Crippen LogP contribution is -2.42. The number of hydrogen-bond donors (Lipinski definition) is 1. The Morgan fingerprint density at radius 3 is 2.40 bits per heavy atom. The predicted octanol–water partition coefficient (Wildman–Crippen LogP) is 3.31. The lowest BCUT2D eigenvalue weighted by molar-refractivity contribution is 0.0635. The smallest absolute Gasteiger partial charge is 0.273 e. The topological polar surface area (TPSA) is 59.2 Å². The van der Waals surface area contributed by atoms with Crippen LogP contribution in [0.25, 0.3) is 0 Å². The molecule has 1 rings (SSSR count). The van der Waals surface area contributed by atoms with Crippen molar-refractivity contribution in [1.82, 2.24) is 9.88 Å². The van der Waals surface area contributed by atoms with Gasteiger partial charge >= 0.3 is 0 Å². The maximum Gasteiger partial charge on any atom is 0.273 e. The third-order valence-electron chi connectivity index (χ3n) is 3.15. The SMILES string of the molecule is CCC(CC)N(CC(C)C)C(=O)c1csc(CN)n1.Cl. The minimum absolute atomic E-state index is 0. The molecule has 0 unspecified atom stereocenters. The van der Waals surface area contributed by atoms with Crippen molar-refractivity contribution >= 4 is 29.7 Å². The second kappa shape index (κ2) is 9.32. The molecule has 0 saturated heterocycles. The molecule has 0 aliphatic carbocycles. The van der Waals surface area contributed by atoms with Crippen molar-refractivity contribution < 1.29 is 4.79 Å². The van der Waals surface area contributed by atoms with Gasteiger partial charge in [-0.15, -0.1) is 23.7 Å². The Kier molecular flexibility index (Phi) is 9.01. The van der Waals surface area contributed by atoms with Crippen molar-refractivity contribution in [2.75, 3.05) is 6.54 Å². The largest absolute Gasteiger partial charge is 0.334 e. The monoisotopic (exact) mass is 319 g/mol. The van der Waals surface area contributed by atoms with Crippen molar-refractivity contribution in [2.24, 2.45) is 11.7 Å². The number of nitrogens with zero attached hydrogens (tertiary/aromatic N) is 2. The van der Waals surface area contributed by atoms with E-state index in [0.29, 0.717) is 18.2 Å². The highest BCUT2D eigenvalue weighted by molar-refractivity contribution is 7.09. The average Bonchev–Trinajstić information content (AvgIpc) is 2.86. The summed E-state index contributed by atoms with van der Waals surface area (Å²) in [7, 11) is 0. The van der Waals surface area contributed by atoms with Gasteiger partial charge in [-0.3, -0.25) is 4.79 Å². The highest BCUT2D eigenvalue weighted by Gasteiger charge is 2.24. The molecule has 116 valence electrons. The van der Waals surface area contributed by atoms with Gasteiger partial charge in [0.1, 0.15) is 10.7 Å². The van der Waals surface area contributed by atoms with E-state index in [1.807, 2.05) is 10.3 Å². The number of amides is 1. The van der Waals surface area contributed by atoms with Gasteiger partial charge in [0.25, 0.3) is 5.91 Å². The molecule has 4 nitrogen and oxygen atoms in total. The van der Waals surface area contributed by atoms with E-state index in [9.17, 15) is 4.79 Å². The molecule has 0 bridgehead atoms. The Hall–Kier alpha value is -0.650. The van der Waals surface area contributed by atoms with E-state index in [1.165, 1.54) is 11.3 Å². The Morgan fingerprint density at radius 2 is 2.00 bits per heavy atom. The molecule has 1 aromatic rings. The first-order valence-electron chi connectivity index (χ1n) is 6.98. The summed E-state index contributed by atoms with van der Waals surface area (Å²) in [5.41, 5.74) is 6.10. The molecule has 0 aromatic carbocycles. The molecule has 0 spiro atoms. The molecule has 0 saturated carbocycles. The van der Waals surface area contributed by atoms with Crippen LogP contribution in [0.5, 0.6) is 0 Å². The molecule has 0 fully saturated rings. The fraction of sp³-hybridized carbons (Fsp3) is 0.714. The normalized spacial score (nSPS) is 10.8. The number of thiazole rings is 1. The van der Waals surface area contributed by atoms with Crippen LogP contribution in [-0.2, 0) is 6.54 Å². The summed E-state index contributed by atoms with van der Waals surface area (Å²) in [5.74, 6) is 0.496. The molecule has 20 heavy (non-hydrogen) atoms. The number of carbonyl (C=O) groups is 1. The van der Waals surface area contributed by atoms with Crippen molar-refractivity contribution in [3.05, 3.63) is 16.1 Å². The number of carbonyl (C=O) groups excluding carboxylic acids is 1. The number of rotatable bonds is 7. The molecule has 1 heterocycles. The maximum atomic E-state index is 12.6. The van der Waals surface area contributed by atoms with Crippen molar-refractivity contribution in [3.8, 4) is 0 Å². The first-order valence-corrected chi connectivity index (χ1v) is 7.86. The molecule has 2 N–H and O–H groups in total. The predicted molar refractivity (Wildman–Crippen MR) is 87.5 cm³/mol.